The minimum absolute atomic E-state index is 0.225. The summed E-state index contributed by atoms with van der Waals surface area (Å²) in [6.45, 7) is 5.19. The standard InChI is InChI=1S/C25H28N4O3S2/c1-17-12-18(2)14-20(13-17)29-24(22-15-33-16-23(22)27-29)26-25(30)19-6-8-21(9-7-19)34(31,32)28-10-4-3-5-11-28/h6-9,12-14H,3-5,10-11,15-16H2,1-2H3,(H,26,30). The van der Waals surface area contributed by atoms with E-state index in [1.165, 1.54) is 16.4 Å². The molecule has 0 unspecified atom stereocenters. The molecule has 34 heavy (non-hydrogen) atoms. The lowest BCUT2D eigenvalue weighted by molar-refractivity contribution is 0.102. The van der Waals surface area contributed by atoms with E-state index in [0.717, 1.165) is 58.8 Å². The van der Waals surface area contributed by atoms with Gasteiger partial charge in [0, 0.05) is 35.7 Å². The molecule has 2 aliphatic rings. The lowest BCUT2D eigenvalue weighted by atomic mass is 10.1. The number of benzene rings is 2. The molecule has 1 aromatic heterocycles. The van der Waals surface area contributed by atoms with Gasteiger partial charge in [-0.05, 0) is 74.2 Å². The van der Waals surface area contributed by atoms with Crippen LogP contribution in [0.4, 0.5) is 5.82 Å². The maximum atomic E-state index is 13.2. The second-order valence-electron chi connectivity index (χ2n) is 8.97. The smallest absolute Gasteiger partial charge is 0.256 e. The third-order valence-corrected chi connectivity index (χ3v) is 9.19. The summed E-state index contributed by atoms with van der Waals surface area (Å²) in [5, 5.41) is 7.84. The summed E-state index contributed by atoms with van der Waals surface area (Å²) < 4.78 is 29.2. The first kappa shape index (κ1) is 23.1. The van der Waals surface area contributed by atoms with Gasteiger partial charge in [-0.3, -0.25) is 4.79 Å². The normalized spacial score (nSPS) is 16.4. The number of carbonyl (C=O) groups is 1. The molecule has 2 aromatic carbocycles. The summed E-state index contributed by atoms with van der Waals surface area (Å²) >= 11 is 1.78. The average molecular weight is 497 g/mol. The summed E-state index contributed by atoms with van der Waals surface area (Å²) in [5.41, 5.74) is 5.61. The first-order valence-corrected chi connectivity index (χ1v) is 14.1. The molecule has 1 fully saturated rings. The summed E-state index contributed by atoms with van der Waals surface area (Å²) in [5.74, 6) is 2.01. The van der Waals surface area contributed by atoms with E-state index in [1.54, 1.807) is 23.9 Å². The van der Waals surface area contributed by atoms with Crippen molar-refractivity contribution < 1.29 is 13.2 Å². The fourth-order valence-electron chi connectivity index (χ4n) is 4.61. The number of fused-ring (bicyclic) bond motifs is 1. The van der Waals surface area contributed by atoms with Crippen molar-refractivity contribution in [2.75, 3.05) is 18.4 Å². The van der Waals surface area contributed by atoms with Crippen LogP contribution in [0.1, 0.15) is 52.0 Å². The highest BCUT2D eigenvalue weighted by molar-refractivity contribution is 7.98. The van der Waals surface area contributed by atoms with Crippen molar-refractivity contribution in [3.8, 4) is 5.69 Å². The Morgan fingerprint density at radius 3 is 2.32 bits per heavy atom. The number of amides is 1. The largest absolute Gasteiger partial charge is 0.306 e. The van der Waals surface area contributed by atoms with Gasteiger partial charge in [0.15, 0.2) is 0 Å². The topological polar surface area (TPSA) is 84.3 Å². The predicted octanol–water partition coefficient (Wildman–Crippen LogP) is 4.66. The summed E-state index contributed by atoms with van der Waals surface area (Å²) in [6, 6.07) is 12.4. The maximum Gasteiger partial charge on any atom is 0.256 e. The molecule has 0 saturated carbocycles. The quantitative estimate of drug-likeness (QED) is 0.555. The first-order chi connectivity index (χ1) is 16.3. The van der Waals surface area contributed by atoms with Gasteiger partial charge < -0.3 is 5.32 Å². The number of carbonyl (C=O) groups excluding carboxylic acids is 1. The van der Waals surface area contributed by atoms with Crippen LogP contribution < -0.4 is 5.32 Å². The SMILES string of the molecule is Cc1cc(C)cc(-n2nc3c(c2NC(=O)c2ccc(S(=O)(=O)N4CCCCC4)cc2)CSC3)c1. The number of hydrogen-bond acceptors (Lipinski definition) is 5. The van der Waals surface area contributed by atoms with Crippen LogP contribution in [0.25, 0.3) is 5.69 Å². The van der Waals surface area contributed by atoms with Crippen LogP contribution in [0.15, 0.2) is 47.4 Å². The molecule has 0 spiro atoms. The number of aromatic nitrogens is 2. The Kier molecular flexibility index (Phi) is 6.26. The van der Waals surface area contributed by atoms with Crippen molar-refractivity contribution in [3.63, 3.8) is 0 Å². The maximum absolute atomic E-state index is 13.2. The minimum Gasteiger partial charge on any atom is -0.306 e. The van der Waals surface area contributed by atoms with Crippen molar-refractivity contribution in [1.82, 2.24) is 14.1 Å². The van der Waals surface area contributed by atoms with Crippen molar-refractivity contribution >= 4 is 33.5 Å². The molecule has 3 aromatic rings. The van der Waals surface area contributed by atoms with Gasteiger partial charge >= 0.3 is 0 Å². The van der Waals surface area contributed by atoms with Crippen LogP contribution in [-0.4, -0.2) is 41.5 Å². The van der Waals surface area contributed by atoms with E-state index in [2.05, 4.69) is 23.5 Å². The van der Waals surface area contributed by atoms with E-state index in [4.69, 9.17) is 5.10 Å². The molecule has 2 aliphatic heterocycles. The number of rotatable bonds is 5. The van der Waals surface area contributed by atoms with Crippen molar-refractivity contribution in [1.29, 1.82) is 0 Å². The number of piperidine rings is 1. The molecule has 1 amide bonds. The number of nitrogens with one attached hydrogen (secondary N) is 1. The number of thioether (sulfide) groups is 1. The van der Waals surface area contributed by atoms with Gasteiger partial charge in [0.25, 0.3) is 5.91 Å². The van der Waals surface area contributed by atoms with Crippen LogP contribution in [-0.2, 0) is 21.5 Å². The Morgan fingerprint density at radius 2 is 1.65 bits per heavy atom. The Bertz CT molecular complexity index is 1320. The number of nitrogens with zero attached hydrogens (tertiary/aromatic N) is 3. The number of aryl methyl sites for hydroxylation is 2. The molecule has 9 heteroatoms. The lowest BCUT2D eigenvalue weighted by Gasteiger charge is -2.25. The van der Waals surface area contributed by atoms with E-state index >= 15 is 0 Å². The first-order valence-electron chi connectivity index (χ1n) is 11.5. The van der Waals surface area contributed by atoms with Gasteiger partial charge in [0.05, 0.1) is 16.3 Å². The molecule has 178 valence electrons. The zero-order valence-electron chi connectivity index (χ0n) is 19.4. The zero-order chi connectivity index (χ0) is 23.9. The minimum atomic E-state index is -3.53. The number of sulfonamides is 1. The predicted molar refractivity (Wildman–Crippen MR) is 135 cm³/mol. The van der Waals surface area contributed by atoms with Gasteiger partial charge in [-0.1, -0.05) is 12.5 Å². The molecule has 7 nitrogen and oxygen atoms in total. The summed E-state index contributed by atoms with van der Waals surface area (Å²) in [7, 11) is -3.53. The highest BCUT2D eigenvalue weighted by Gasteiger charge is 2.27. The Morgan fingerprint density at radius 1 is 0.971 bits per heavy atom. The van der Waals surface area contributed by atoms with Crippen molar-refractivity contribution in [3.05, 3.63) is 70.4 Å². The highest BCUT2D eigenvalue weighted by atomic mass is 32.2. The van der Waals surface area contributed by atoms with Gasteiger partial charge in [-0.25, -0.2) is 13.1 Å². The molecule has 1 N–H and O–H groups in total. The fourth-order valence-corrected chi connectivity index (χ4v) is 7.17. The molecule has 1 saturated heterocycles. The van der Waals surface area contributed by atoms with Gasteiger partial charge in [-0.2, -0.15) is 21.2 Å². The van der Waals surface area contributed by atoms with Gasteiger partial charge in [0.2, 0.25) is 10.0 Å². The molecule has 3 heterocycles. The number of hydrogen-bond donors (Lipinski definition) is 1. The molecular weight excluding hydrogens is 468 g/mol. The van der Waals surface area contributed by atoms with Crippen molar-refractivity contribution in [2.45, 2.75) is 49.5 Å². The molecular formula is C25H28N4O3S2. The summed E-state index contributed by atoms with van der Waals surface area (Å²) in [4.78, 5) is 13.4. The van der Waals surface area contributed by atoms with Gasteiger partial charge in [-0.15, -0.1) is 0 Å². The van der Waals surface area contributed by atoms with Crippen LogP contribution in [0.3, 0.4) is 0 Å². The molecule has 0 bridgehead atoms. The van der Waals surface area contributed by atoms with E-state index in [1.807, 2.05) is 18.5 Å². The highest BCUT2D eigenvalue weighted by Crippen LogP contribution is 2.36. The molecule has 0 atom stereocenters. The second kappa shape index (κ2) is 9.20. The monoisotopic (exact) mass is 496 g/mol. The molecule has 0 aliphatic carbocycles. The Labute approximate surface area is 204 Å². The second-order valence-corrected chi connectivity index (χ2v) is 11.9. The fraction of sp³-hybridized carbons (Fsp3) is 0.360. The van der Waals surface area contributed by atoms with Crippen LogP contribution in [0.5, 0.6) is 0 Å². The Balaban J connectivity index is 1.42. The van der Waals surface area contributed by atoms with Gasteiger partial charge in [0.1, 0.15) is 5.82 Å². The van der Waals surface area contributed by atoms with E-state index < -0.39 is 10.0 Å². The van der Waals surface area contributed by atoms with E-state index in [9.17, 15) is 13.2 Å². The third kappa shape index (κ3) is 4.39. The zero-order valence-corrected chi connectivity index (χ0v) is 21.0. The average Bonchev–Trinajstić information content (AvgIpc) is 3.42. The van der Waals surface area contributed by atoms with Crippen LogP contribution in [0, 0.1) is 13.8 Å². The van der Waals surface area contributed by atoms with E-state index in [0.29, 0.717) is 24.5 Å². The summed E-state index contributed by atoms with van der Waals surface area (Å²) in [6.07, 6.45) is 2.83. The molecule has 0 radical (unpaired) electrons. The van der Waals surface area contributed by atoms with E-state index in [-0.39, 0.29) is 10.8 Å². The van der Waals surface area contributed by atoms with Crippen molar-refractivity contribution in [2.24, 2.45) is 0 Å². The Hall–Kier alpha value is -2.62. The lowest BCUT2D eigenvalue weighted by Crippen LogP contribution is -2.35. The molecule has 5 rings (SSSR count). The van der Waals surface area contributed by atoms with Crippen LogP contribution >= 0.6 is 11.8 Å². The third-order valence-electron chi connectivity index (χ3n) is 6.30. The number of anilines is 1. The van der Waals surface area contributed by atoms with Crippen LogP contribution in [0.2, 0.25) is 0 Å².